The lowest BCUT2D eigenvalue weighted by atomic mass is 10.0. The molecule has 4 heteroatoms. The molecule has 90 valence electrons. The molecule has 3 rings (SSSR count). The standard InChI is InChI=1S/C13H15FN2O/c14-13(5-6-15-9-13)12(17)16-7-10-3-1-2-4-11(10)8-16/h1-4,15H,5-9H2. The number of hydrogen-bond acceptors (Lipinski definition) is 2. The number of amides is 1. The summed E-state index contributed by atoms with van der Waals surface area (Å²) in [5.74, 6) is -0.362. The minimum Gasteiger partial charge on any atom is -0.331 e. The summed E-state index contributed by atoms with van der Waals surface area (Å²) in [6.45, 7) is 1.82. The van der Waals surface area contributed by atoms with Crippen LogP contribution in [0.15, 0.2) is 24.3 Å². The summed E-state index contributed by atoms with van der Waals surface area (Å²) in [6.07, 6.45) is 0.290. The van der Waals surface area contributed by atoms with E-state index in [2.05, 4.69) is 5.32 Å². The van der Waals surface area contributed by atoms with Crippen molar-refractivity contribution in [3.05, 3.63) is 35.4 Å². The minimum absolute atomic E-state index is 0.151. The highest BCUT2D eigenvalue weighted by Crippen LogP contribution is 2.29. The monoisotopic (exact) mass is 234 g/mol. The summed E-state index contributed by atoms with van der Waals surface area (Å²) in [5.41, 5.74) is 0.577. The molecule has 1 unspecified atom stereocenters. The van der Waals surface area contributed by atoms with Gasteiger partial charge < -0.3 is 10.2 Å². The summed E-state index contributed by atoms with van der Waals surface area (Å²) in [4.78, 5) is 13.8. The topological polar surface area (TPSA) is 32.3 Å². The van der Waals surface area contributed by atoms with E-state index in [0.717, 1.165) is 11.1 Å². The molecule has 1 amide bonds. The lowest BCUT2D eigenvalue weighted by Gasteiger charge is -2.24. The maximum Gasteiger partial charge on any atom is 0.262 e. The van der Waals surface area contributed by atoms with Gasteiger partial charge in [0.25, 0.3) is 5.91 Å². The van der Waals surface area contributed by atoms with Crippen LogP contribution in [0.3, 0.4) is 0 Å². The predicted molar refractivity (Wildman–Crippen MR) is 62.0 cm³/mol. The quantitative estimate of drug-likeness (QED) is 0.792. The van der Waals surface area contributed by atoms with Crippen LogP contribution in [0.25, 0.3) is 0 Å². The number of alkyl halides is 1. The van der Waals surface area contributed by atoms with Crippen molar-refractivity contribution in [1.82, 2.24) is 10.2 Å². The fraction of sp³-hybridized carbons (Fsp3) is 0.462. The zero-order chi connectivity index (χ0) is 11.9. The smallest absolute Gasteiger partial charge is 0.262 e. The molecule has 1 N–H and O–H groups in total. The maximum absolute atomic E-state index is 14.3. The van der Waals surface area contributed by atoms with Gasteiger partial charge in [0.2, 0.25) is 5.67 Å². The average molecular weight is 234 g/mol. The maximum atomic E-state index is 14.3. The zero-order valence-electron chi connectivity index (χ0n) is 9.58. The van der Waals surface area contributed by atoms with Crippen LogP contribution in [0, 0.1) is 0 Å². The Bertz CT molecular complexity index is 429. The number of nitrogens with zero attached hydrogens (tertiary/aromatic N) is 1. The Balaban J connectivity index is 1.78. The van der Waals surface area contributed by atoms with Crippen molar-refractivity contribution in [3.63, 3.8) is 0 Å². The number of carbonyl (C=O) groups excluding carboxylic acids is 1. The third kappa shape index (κ3) is 1.72. The highest BCUT2D eigenvalue weighted by atomic mass is 19.1. The number of nitrogens with one attached hydrogen (secondary N) is 1. The van der Waals surface area contributed by atoms with E-state index in [1.54, 1.807) is 4.90 Å². The number of fused-ring (bicyclic) bond motifs is 1. The van der Waals surface area contributed by atoms with Gasteiger partial charge in [0, 0.05) is 26.1 Å². The van der Waals surface area contributed by atoms with E-state index in [-0.39, 0.29) is 12.5 Å². The lowest BCUT2D eigenvalue weighted by Crippen LogP contribution is -2.45. The first-order valence-electron chi connectivity index (χ1n) is 5.95. The molecule has 2 heterocycles. The van der Waals surface area contributed by atoms with Crippen LogP contribution in [0.1, 0.15) is 17.5 Å². The first-order chi connectivity index (χ1) is 8.19. The number of rotatable bonds is 1. The van der Waals surface area contributed by atoms with Crippen LogP contribution >= 0.6 is 0 Å². The molecular formula is C13H15FN2O. The van der Waals surface area contributed by atoms with Crippen molar-refractivity contribution in [1.29, 1.82) is 0 Å². The van der Waals surface area contributed by atoms with E-state index in [9.17, 15) is 9.18 Å². The van der Waals surface area contributed by atoms with Crippen LogP contribution in [-0.2, 0) is 17.9 Å². The summed E-state index contributed by atoms with van der Waals surface area (Å²) in [6, 6.07) is 7.91. The Morgan fingerprint density at radius 1 is 1.29 bits per heavy atom. The summed E-state index contributed by atoms with van der Waals surface area (Å²) >= 11 is 0. The third-order valence-corrected chi connectivity index (χ3v) is 3.61. The molecule has 1 aromatic carbocycles. The van der Waals surface area contributed by atoms with Gasteiger partial charge in [0.15, 0.2) is 0 Å². The van der Waals surface area contributed by atoms with Gasteiger partial charge in [-0.25, -0.2) is 4.39 Å². The molecule has 1 aromatic rings. The van der Waals surface area contributed by atoms with Crippen molar-refractivity contribution in [2.24, 2.45) is 0 Å². The van der Waals surface area contributed by atoms with Gasteiger partial charge in [-0.3, -0.25) is 4.79 Å². The molecule has 1 fully saturated rings. The predicted octanol–water partition coefficient (Wildman–Crippen LogP) is 1.23. The van der Waals surface area contributed by atoms with Crippen LogP contribution in [-0.4, -0.2) is 29.6 Å². The molecule has 1 saturated heterocycles. The second kappa shape index (κ2) is 3.81. The molecule has 0 spiro atoms. The van der Waals surface area contributed by atoms with Gasteiger partial charge in [0.05, 0.1) is 0 Å². The van der Waals surface area contributed by atoms with Crippen LogP contribution in [0.4, 0.5) is 4.39 Å². The third-order valence-electron chi connectivity index (χ3n) is 3.61. The Kier molecular flexibility index (Phi) is 2.40. The molecule has 0 bridgehead atoms. The SMILES string of the molecule is O=C(N1Cc2ccccc2C1)C1(F)CCNC1. The van der Waals surface area contributed by atoms with Gasteiger partial charge in [-0.15, -0.1) is 0 Å². The summed E-state index contributed by atoms with van der Waals surface area (Å²) in [5, 5.41) is 2.92. The average Bonchev–Trinajstić information content (AvgIpc) is 2.94. The van der Waals surface area contributed by atoms with Gasteiger partial charge in [-0.2, -0.15) is 0 Å². The second-order valence-corrected chi connectivity index (χ2v) is 4.82. The Hall–Kier alpha value is -1.42. The normalized spacial score (nSPS) is 27.2. The largest absolute Gasteiger partial charge is 0.331 e. The van der Waals surface area contributed by atoms with Crippen molar-refractivity contribution in [2.45, 2.75) is 25.2 Å². The molecule has 0 saturated carbocycles. The first kappa shape index (κ1) is 10.7. The number of benzene rings is 1. The second-order valence-electron chi connectivity index (χ2n) is 4.82. The van der Waals surface area contributed by atoms with E-state index in [0.29, 0.717) is 26.1 Å². The highest BCUT2D eigenvalue weighted by Gasteiger charge is 2.45. The highest BCUT2D eigenvalue weighted by molar-refractivity contribution is 5.86. The van der Waals surface area contributed by atoms with Crippen LogP contribution in [0.2, 0.25) is 0 Å². The number of halogens is 1. The number of hydrogen-bond donors (Lipinski definition) is 1. The molecule has 2 aliphatic heterocycles. The molecule has 0 radical (unpaired) electrons. The number of carbonyl (C=O) groups is 1. The molecule has 3 nitrogen and oxygen atoms in total. The summed E-state index contributed by atoms with van der Waals surface area (Å²) in [7, 11) is 0. The van der Waals surface area contributed by atoms with Gasteiger partial charge in [-0.05, 0) is 17.7 Å². The van der Waals surface area contributed by atoms with Crippen LogP contribution < -0.4 is 5.32 Å². The fourth-order valence-corrected chi connectivity index (χ4v) is 2.60. The van der Waals surface area contributed by atoms with E-state index < -0.39 is 5.67 Å². The molecule has 0 aliphatic carbocycles. The Morgan fingerprint density at radius 3 is 2.47 bits per heavy atom. The Morgan fingerprint density at radius 2 is 1.94 bits per heavy atom. The molecule has 2 aliphatic rings. The Labute approximate surface area is 99.6 Å². The van der Waals surface area contributed by atoms with E-state index in [1.807, 2.05) is 24.3 Å². The lowest BCUT2D eigenvalue weighted by molar-refractivity contribution is -0.143. The van der Waals surface area contributed by atoms with Crippen LogP contribution in [0.5, 0.6) is 0 Å². The molecule has 1 atom stereocenters. The zero-order valence-corrected chi connectivity index (χ0v) is 9.58. The van der Waals surface area contributed by atoms with Crippen molar-refractivity contribution < 1.29 is 9.18 Å². The van der Waals surface area contributed by atoms with Gasteiger partial charge >= 0.3 is 0 Å². The van der Waals surface area contributed by atoms with E-state index in [4.69, 9.17) is 0 Å². The first-order valence-corrected chi connectivity index (χ1v) is 5.95. The molecule has 17 heavy (non-hydrogen) atoms. The van der Waals surface area contributed by atoms with Gasteiger partial charge in [-0.1, -0.05) is 24.3 Å². The van der Waals surface area contributed by atoms with E-state index in [1.165, 1.54) is 0 Å². The molecule has 0 aromatic heterocycles. The molecular weight excluding hydrogens is 219 g/mol. The van der Waals surface area contributed by atoms with Crippen molar-refractivity contribution in [3.8, 4) is 0 Å². The fourth-order valence-electron chi connectivity index (χ4n) is 2.60. The van der Waals surface area contributed by atoms with E-state index >= 15 is 0 Å². The van der Waals surface area contributed by atoms with Crippen molar-refractivity contribution in [2.75, 3.05) is 13.1 Å². The van der Waals surface area contributed by atoms with Crippen molar-refractivity contribution >= 4 is 5.91 Å². The summed E-state index contributed by atoms with van der Waals surface area (Å²) < 4.78 is 14.3. The minimum atomic E-state index is -1.69. The van der Waals surface area contributed by atoms with Gasteiger partial charge in [0.1, 0.15) is 0 Å².